The molecule has 0 saturated carbocycles. The maximum atomic E-state index is 13.9. The molecule has 0 atom stereocenters. The van der Waals surface area contributed by atoms with Gasteiger partial charge in [0.05, 0.1) is 16.9 Å². The minimum absolute atomic E-state index is 0.119. The second-order valence-corrected chi connectivity index (χ2v) is 5.78. The summed E-state index contributed by atoms with van der Waals surface area (Å²) in [5, 5.41) is 6.75. The molecule has 3 aromatic rings. The van der Waals surface area contributed by atoms with E-state index in [1.807, 2.05) is 30.3 Å². The highest BCUT2D eigenvalue weighted by Crippen LogP contribution is 2.36. The van der Waals surface area contributed by atoms with Crippen molar-refractivity contribution < 1.29 is 9.18 Å². The van der Waals surface area contributed by atoms with Gasteiger partial charge in [0.1, 0.15) is 10.8 Å². The van der Waals surface area contributed by atoms with Crippen LogP contribution in [0.15, 0.2) is 48.7 Å². The lowest BCUT2D eigenvalue weighted by Crippen LogP contribution is -2.14. The Bertz CT molecular complexity index is 906. The highest BCUT2D eigenvalue weighted by atomic mass is 35.5. The molecule has 0 spiro atoms. The fourth-order valence-corrected chi connectivity index (χ4v) is 2.75. The van der Waals surface area contributed by atoms with Gasteiger partial charge in [0, 0.05) is 18.8 Å². The van der Waals surface area contributed by atoms with Gasteiger partial charge in [0.2, 0.25) is 0 Å². The number of carbonyl (C=O) groups excluding carboxylic acids is 1. The van der Waals surface area contributed by atoms with Crippen molar-refractivity contribution in [2.45, 2.75) is 6.92 Å². The Morgan fingerprint density at radius 1 is 1.21 bits per heavy atom. The molecule has 0 aliphatic carbocycles. The summed E-state index contributed by atoms with van der Waals surface area (Å²) in [5.74, 6) is -0.972. The number of rotatable bonds is 3. The Hall–Kier alpha value is -2.66. The van der Waals surface area contributed by atoms with Crippen LogP contribution < -0.4 is 5.32 Å². The highest BCUT2D eigenvalue weighted by molar-refractivity contribution is 6.35. The van der Waals surface area contributed by atoms with Crippen LogP contribution in [0.5, 0.6) is 0 Å². The molecule has 0 bridgehead atoms. The maximum Gasteiger partial charge on any atom is 0.259 e. The summed E-state index contributed by atoms with van der Waals surface area (Å²) in [4.78, 5) is 12.5. The molecular weight excluding hydrogens is 329 g/mol. The van der Waals surface area contributed by atoms with E-state index in [2.05, 4.69) is 10.4 Å². The quantitative estimate of drug-likeness (QED) is 0.764. The molecule has 0 radical (unpaired) electrons. The van der Waals surface area contributed by atoms with Gasteiger partial charge in [-0.2, -0.15) is 5.10 Å². The molecule has 3 rings (SSSR count). The second-order valence-electron chi connectivity index (χ2n) is 5.41. The Morgan fingerprint density at radius 2 is 1.92 bits per heavy atom. The van der Waals surface area contributed by atoms with Crippen LogP contribution in [0.4, 0.5) is 10.1 Å². The summed E-state index contributed by atoms with van der Waals surface area (Å²) in [6.07, 6.45) is 1.61. The van der Waals surface area contributed by atoms with Gasteiger partial charge in [-0.3, -0.25) is 9.48 Å². The number of carbonyl (C=O) groups is 1. The van der Waals surface area contributed by atoms with Crippen molar-refractivity contribution in [1.29, 1.82) is 0 Å². The average Bonchev–Trinajstić information content (AvgIpc) is 2.91. The first-order valence-electron chi connectivity index (χ1n) is 7.32. The number of benzene rings is 2. The summed E-state index contributed by atoms with van der Waals surface area (Å²) >= 11 is 6.11. The smallest absolute Gasteiger partial charge is 0.259 e. The number of hydrogen-bond donors (Lipinski definition) is 1. The van der Waals surface area contributed by atoms with Crippen LogP contribution in [-0.2, 0) is 7.05 Å². The summed E-state index contributed by atoms with van der Waals surface area (Å²) in [7, 11) is 1.73. The normalized spacial score (nSPS) is 10.7. The van der Waals surface area contributed by atoms with Gasteiger partial charge in [-0.1, -0.05) is 41.9 Å². The Labute approximate surface area is 143 Å². The molecule has 1 heterocycles. The minimum Gasteiger partial charge on any atom is -0.320 e. The lowest BCUT2D eigenvalue weighted by Gasteiger charge is -2.13. The van der Waals surface area contributed by atoms with Gasteiger partial charge < -0.3 is 5.32 Å². The van der Waals surface area contributed by atoms with Crippen LogP contribution >= 0.6 is 11.6 Å². The van der Waals surface area contributed by atoms with Crippen LogP contribution in [0.2, 0.25) is 5.02 Å². The summed E-state index contributed by atoms with van der Waals surface area (Å²) in [6.45, 7) is 1.74. The first-order valence-corrected chi connectivity index (χ1v) is 7.70. The number of halogens is 2. The molecule has 1 amide bonds. The lowest BCUT2D eigenvalue weighted by atomic mass is 10.0. The van der Waals surface area contributed by atoms with Crippen LogP contribution in [0, 0.1) is 12.7 Å². The number of aromatic nitrogens is 2. The molecule has 0 unspecified atom stereocenters. The highest BCUT2D eigenvalue weighted by Gasteiger charge is 2.19. The average molecular weight is 344 g/mol. The number of nitrogens with one attached hydrogen (secondary N) is 1. The van der Waals surface area contributed by atoms with E-state index in [9.17, 15) is 9.18 Å². The van der Waals surface area contributed by atoms with Gasteiger partial charge in [0.25, 0.3) is 5.91 Å². The van der Waals surface area contributed by atoms with Gasteiger partial charge in [-0.25, -0.2) is 4.39 Å². The summed E-state index contributed by atoms with van der Waals surface area (Å²) in [5.41, 5.74) is 2.73. The van der Waals surface area contributed by atoms with Crippen molar-refractivity contribution in [2.75, 3.05) is 5.32 Å². The third-order valence-electron chi connectivity index (χ3n) is 3.68. The van der Waals surface area contributed by atoms with Crippen molar-refractivity contribution in [3.8, 4) is 11.1 Å². The van der Waals surface area contributed by atoms with Crippen LogP contribution in [0.25, 0.3) is 11.1 Å². The summed E-state index contributed by atoms with van der Waals surface area (Å²) in [6, 6.07) is 12.2. The van der Waals surface area contributed by atoms with Gasteiger partial charge >= 0.3 is 0 Å². The minimum atomic E-state index is -0.588. The van der Waals surface area contributed by atoms with Gasteiger partial charge in [-0.15, -0.1) is 0 Å². The largest absolute Gasteiger partial charge is 0.320 e. The third-order valence-corrected chi connectivity index (χ3v) is 4.05. The van der Waals surface area contributed by atoms with Gasteiger partial charge in [-0.05, 0) is 24.6 Å². The molecule has 1 N–H and O–H groups in total. The lowest BCUT2D eigenvalue weighted by molar-refractivity contribution is 0.102. The molecule has 122 valence electrons. The molecule has 0 fully saturated rings. The van der Waals surface area contributed by atoms with E-state index in [1.54, 1.807) is 30.9 Å². The van der Waals surface area contributed by atoms with E-state index in [4.69, 9.17) is 11.6 Å². The van der Waals surface area contributed by atoms with Crippen molar-refractivity contribution in [1.82, 2.24) is 9.78 Å². The predicted molar refractivity (Wildman–Crippen MR) is 92.7 cm³/mol. The molecule has 0 aliphatic rings. The number of aryl methyl sites for hydroxylation is 2. The fourth-order valence-electron chi connectivity index (χ4n) is 2.53. The molecule has 1 aromatic heterocycles. The zero-order valence-corrected chi connectivity index (χ0v) is 13.9. The van der Waals surface area contributed by atoms with Crippen molar-refractivity contribution in [2.24, 2.45) is 7.05 Å². The standard InChI is InChI=1S/C18H15ClFN3O/c1-11-14(10-23(2)22-11)18(24)21-17-13(8-9-15(20)16(17)19)12-6-4-3-5-7-12/h3-10H,1-2H3,(H,21,24). The molecular formula is C18H15ClFN3O. The van der Waals surface area contributed by atoms with Crippen molar-refractivity contribution >= 4 is 23.2 Å². The monoisotopic (exact) mass is 343 g/mol. The summed E-state index contributed by atoms with van der Waals surface area (Å²) < 4.78 is 15.5. The van der Waals surface area contributed by atoms with E-state index < -0.39 is 5.82 Å². The zero-order chi connectivity index (χ0) is 17.3. The zero-order valence-electron chi connectivity index (χ0n) is 13.2. The molecule has 0 saturated heterocycles. The van der Waals surface area contributed by atoms with E-state index in [0.717, 1.165) is 5.56 Å². The van der Waals surface area contributed by atoms with Crippen molar-refractivity contribution in [3.05, 3.63) is 70.8 Å². The van der Waals surface area contributed by atoms with E-state index in [-0.39, 0.29) is 16.6 Å². The Kier molecular flexibility index (Phi) is 4.36. The molecule has 0 aliphatic heterocycles. The fraction of sp³-hybridized carbons (Fsp3) is 0.111. The predicted octanol–water partition coefficient (Wildman–Crippen LogP) is 4.44. The molecule has 6 heteroatoms. The molecule has 4 nitrogen and oxygen atoms in total. The van der Waals surface area contributed by atoms with E-state index >= 15 is 0 Å². The first kappa shape index (κ1) is 16.2. The van der Waals surface area contributed by atoms with Crippen LogP contribution in [-0.4, -0.2) is 15.7 Å². The van der Waals surface area contributed by atoms with E-state index in [1.165, 1.54) is 6.07 Å². The topological polar surface area (TPSA) is 46.9 Å². The second kappa shape index (κ2) is 6.45. The number of anilines is 1. The molecule has 2 aromatic carbocycles. The van der Waals surface area contributed by atoms with Gasteiger partial charge in [0.15, 0.2) is 0 Å². The number of hydrogen-bond acceptors (Lipinski definition) is 2. The van der Waals surface area contributed by atoms with E-state index in [0.29, 0.717) is 16.8 Å². The third kappa shape index (κ3) is 3.03. The Balaban J connectivity index is 2.05. The maximum absolute atomic E-state index is 13.9. The number of nitrogens with zero attached hydrogens (tertiary/aromatic N) is 2. The Morgan fingerprint density at radius 3 is 2.54 bits per heavy atom. The number of amides is 1. The molecule has 24 heavy (non-hydrogen) atoms. The van der Waals surface area contributed by atoms with Crippen molar-refractivity contribution in [3.63, 3.8) is 0 Å². The first-order chi connectivity index (χ1) is 11.5. The van der Waals surface area contributed by atoms with Crippen LogP contribution in [0.3, 0.4) is 0 Å². The van der Waals surface area contributed by atoms with Crippen LogP contribution in [0.1, 0.15) is 16.1 Å². The SMILES string of the molecule is Cc1nn(C)cc1C(=O)Nc1c(-c2ccccc2)ccc(F)c1Cl.